The van der Waals surface area contributed by atoms with Gasteiger partial charge in [-0.3, -0.25) is 9.78 Å². The van der Waals surface area contributed by atoms with Crippen LogP contribution in [0, 0.1) is 0 Å². The monoisotopic (exact) mass is 282 g/mol. The first-order chi connectivity index (χ1) is 10.3. The van der Waals surface area contributed by atoms with Crippen molar-refractivity contribution < 1.29 is 9.53 Å². The number of fused-ring (bicyclic) bond motifs is 1. The van der Waals surface area contributed by atoms with Gasteiger partial charge in [0.1, 0.15) is 5.75 Å². The Kier molecular flexibility index (Phi) is 4.15. The Labute approximate surface area is 124 Å². The smallest absolute Gasteiger partial charge is 0.220 e. The molecule has 1 aromatic carbocycles. The molecule has 2 heterocycles. The number of carbonyl (C=O) groups excluding carboxylic acids is 1. The second-order valence-corrected chi connectivity index (χ2v) is 5.21. The first kappa shape index (κ1) is 13.6. The van der Waals surface area contributed by atoms with Gasteiger partial charge in [-0.1, -0.05) is 18.2 Å². The highest BCUT2D eigenvalue weighted by molar-refractivity contribution is 5.77. The van der Waals surface area contributed by atoms with E-state index in [1.54, 1.807) is 12.4 Å². The summed E-state index contributed by atoms with van der Waals surface area (Å²) < 4.78 is 5.63. The van der Waals surface area contributed by atoms with Crippen LogP contribution in [-0.4, -0.2) is 17.5 Å². The second-order valence-electron chi connectivity index (χ2n) is 5.21. The van der Waals surface area contributed by atoms with Crippen LogP contribution in [0.4, 0.5) is 0 Å². The molecule has 1 amide bonds. The second kappa shape index (κ2) is 6.39. The highest BCUT2D eigenvalue weighted by Gasteiger charge is 2.23. The number of para-hydroxylation sites is 1. The molecule has 3 rings (SSSR count). The highest BCUT2D eigenvalue weighted by atomic mass is 16.5. The van der Waals surface area contributed by atoms with E-state index < -0.39 is 0 Å². The molecule has 1 atom stereocenters. The van der Waals surface area contributed by atoms with Crippen LogP contribution in [-0.2, 0) is 11.3 Å². The van der Waals surface area contributed by atoms with Gasteiger partial charge in [0.25, 0.3) is 0 Å². The number of ether oxygens (including phenoxy) is 1. The van der Waals surface area contributed by atoms with Crippen molar-refractivity contribution in [2.45, 2.75) is 25.3 Å². The van der Waals surface area contributed by atoms with Gasteiger partial charge in [0, 0.05) is 25.4 Å². The molecule has 2 aromatic rings. The summed E-state index contributed by atoms with van der Waals surface area (Å²) in [6, 6.07) is 11.8. The van der Waals surface area contributed by atoms with Crippen LogP contribution in [0.5, 0.6) is 5.75 Å². The lowest BCUT2D eigenvalue weighted by Crippen LogP contribution is -2.26. The number of amides is 1. The molecule has 0 aliphatic carbocycles. The molecule has 0 fully saturated rings. The normalized spacial score (nSPS) is 16.7. The summed E-state index contributed by atoms with van der Waals surface area (Å²) in [6.45, 7) is 1.23. The predicted molar refractivity (Wildman–Crippen MR) is 80.0 cm³/mol. The van der Waals surface area contributed by atoms with Crippen molar-refractivity contribution in [2.24, 2.45) is 0 Å². The van der Waals surface area contributed by atoms with Gasteiger partial charge >= 0.3 is 0 Å². The lowest BCUT2D eigenvalue weighted by Gasteiger charge is -2.25. The van der Waals surface area contributed by atoms with Crippen molar-refractivity contribution in [3.05, 3.63) is 59.9 Å². The fourth-order valence-corrected chi connectivity index (χ4v) is 2.63. The van der Waals surface area contributed by atoms with E-state index in [9.17, 15) is 4.79 Å². The summed E-state index contributed by atoms with van der Waals surface area (Å²) in [5.74, 6) is 1.23. The molecule has 0 saturated heterocycles. The number of pyridine rings is 1. The maximum atomic E-state index is 12.1. The number of aromatic nitrogens is 1. The van der Waals surface area contributed by atoms with Crippen LogP contribution in [0.3, 0.4) is 0 Å². The van der Waals surface area contributed by atoms with E-state index in [4.69, 9.17) is 4.74 Å². The zero-order valence-corrected chi connectivity index (χ0v) is 11.8. The molecule has 0 radical (unpaired) electrons. The maximum absolute atomic E-state index is 12.1. The molecule has 1 aliphatic rings. The zero-order chi connectivity index (χ0) is 14.5. The minimum atomic E-state index is 0.0773. The standard InChI is InChI=1S/C17H18N2O2/c20-17(19-12-13-5-8-18-9-6-13)11-14-7-10-21-16-4-2-1-3-15(14)16/h1-6,8-9,14H,7,10-12H2,(H,19,20). The number of nitrogens with zero attached hydrogens (tertiary/aromatic N) is 1. The topological polar surface area (TPSA) is 51.2 Å². The van der Waals surface area contributed by atoms with Gasteiger partial charge in [-0.05, 0) is 41.7 Å². The first-order valence-electron chi connectivity index (χ1n) is 7.20. The molecule has 0 bridgehead atoms. The first-order valence-corrected chi connectivity index (χ1v) is 7.20. The van der Waals surface area contributed by atoms with Crippen molar-refractivity contribution in [3.63, 3.8) is 0 Å². The molecule has 4 heteroatoms. The molecular weight excluding hydrogens is 264 g/mol. The van der Waals surface area contributed by atoms with Crippen molar-refractivity contribution in [1.82, 2.24) is 10.3 Å². The molecule has 1 aromatic heterocycles. The molecule has 1 aliphatic heterocycles. The number of hydrogen-bond donors (Lipinski definition) is 1. The number of hydrogen-bond acceptors (Lipinski definition) is 3. The number of nitrogens with one attached hydrogen (secondary N) is 1. The zero-order valence-electron chi connectivity index (χ0n) is 11.8. The maximum Gasteiger partial charge on any atom is 0.220 e. The Bertz CT molecular complexity index is 613. The SMILES string of the molecule is O=C(CC1CCOc2ccccc21)NCc1ccncc1. The number of rotatable bonds is 4. The molecule has 4 nitrogen and oxygen atoms in total. The van der Waals surface area contributed by atoms with Gasteiger partial charge in [-0.15, -0.1) is 0 Å². The quantitative estimate of drug-likeness (QED) is 0.938. The molecule has 108 valence electrons. The lowest BCUT2D eigenvalue weighted by atomic mass is 9.90. The summed E-state index contributed by atoms with van der Waals surface area (Å²) in [5.41, 5.74) is 2.20. The van der Waals surface area contributed by atoms with E-state index in [1.807, 2.05) is 30.3 Å². The third-order valence-electron chi connectivity index (χ3n) is 3.75. The molecule has 21 heavy (non-hydrogen) atoms. The Hall–Kier alpha value is -2.36. The van der Waals surface area contributed by atoms with E-state index in [1.165, 1.54) is 0 Å². The summed E-state index contributed by atoms with van der Waals surface area (Å²) in [4.78, 5) is 16.1. The van der Waals surface area contributed by atoms with Gasteiger partial charge < -0.3 is 10.1 Å². The fraction of sp³-hybridized carbons (Fsp3) is 0.294. The van der Waals surface area contributed by atoms with Crippen molar-refractivity contribution in [3.8, 4) is 5.75 Å². The molecule has 0 spiro atoms. The summed E-state index contributed by atoms with van der Waals surface area (Å²) in [7, 11) is 0. The molecular formula is C17H18N2O2. The predicted octanol–water partition coefficient (Wildman–Crippen LogP) is 2.65. The molecule has 1 N–H and O–H groups in total. The minimum absolute atomic E-state index is 0.0773. The number of carbonyl (C=O) groups is 1. The van der Waals surface area contributed by atoms with Crippen LogP contribution in [0.1, 0.15) is 29.9 Å². The summed E-state index contributed by atoms with van der Waals surface area (Å²) >= 11 is 0. The van der Waals surface area contributed by atoms with Gasteiger partial charge in [-0.25, -0.2) is 0 Å². The molecule has 1 unspecified atom stereocenters. The third-order valence-corrected chi connectivity index (χ3v) is 3.75. The van der Waals surface area contributed by atoms with Crippen LogP contribution in [0.2, 0.25) is 0 Å². The van der Waals surface area contributed by atoms with Gasteiger partial charge in [0.05, 0.1) is 6.61 Å². The van der Waals surface area contributed by atoms with Crippen molar-refractivity contribution in [1.29, 1.82) is 0 Å². The van der Waals surface area contributed by atoms with Crippen molar-refractivity contribution >= 4 is 5.91 Å². The third kappa shape index (κ3) is 3.40. The van der Waals surface area contributed by atoms with E-state index in [0.717, 1.165) is 23.3 Å². The van der Waals surface area contributed by atoms with E-state index in [2.05, 4.69) is 16.4 Å². The Morgan fingerprint density at radius 3 is 2.90 bits per heavy atom. The van der Waals surface area contributed by atoms with Crippen LogP contribution >= 0.6 is 0 Å². The highest BCUT2D eigenvalue weighted by Crippen LogP contribution is 2.35. The Balaban J connectivity index is 1.58. The fourth-order valence-electron chi connectivity index (χ4n) is 2.63. The van der Waals surface area contributed by atoms with Crippen LogP contribution in [0.15, 0.2) is 48.8 Å². The number of benzene rings is 1. The van der Waals surface area contributed by atoms with Crippen LogP contribution < -0.4 is 10.1 Å². The average Bonchev–Trinajstić information content (AvgIpc) is 2.54. The van der Waals surface area contributed by atoms with Gasteiger partial charge in [0.2, 0.25) is 5.91 Å². The largest absolute Gasteiger partial charge is 0.493 e. The molecule has 0 saturated carbocycles. The minimum Gasteiger partial charge on any atom is -0.493 e. The average molecular weight is 282 g/mol. The summed E-state index contributed by atoms with van der Waals surface area (Å²) in [6.07, 6.45) is 4.86. The van der Waals surface area contributed by atoms with E-state index in [-0.39, 0.29) is 11.8 Å². The lowest BCUT2D eigenvalue weighted by molar-refractivity contribution is -0.121. The van der Waals surface area contributed by atoms with Gasteiger partial charge in [-0.2, -0.15) is 0 Å². The van der Waals surface area contributed by atoms with E-state index >= 15 is 0 Å². The summed E-state index contributed by atoms with van der Waals surface area (Å²) in [5, 5.41) is 2.97. The van der Waals surface area contributed by atoms with Crippen LogP contribution in [0.25, 0.3) is 0 Å². The van der Waals surface area contributed by atoms with Crippen molar-refractivity contribution in [2.75, 3.05) is 6.61 Å². The van der Waals surface area contributed by atoms with Gasteiger partial charge in [0.15, 0.2) is 0 Å². The Morgan fingerprint density at radius 1 is 1.24 bits per heavy atom. The Morgan fingerprint density at radius 2 is 2.05 bits per heavy atom. The van der Waals surface area contributed by atoms with E-state index in [0.29, 0.717) is 19.6 Å².